The first-order valence-electron chi connectivity index (χ1n) is 7.66. The average Bonchev–Trinajstić information content (AvgIpc) is 2.58. The zero-order chi connectivity index (χ0) is 21.4. The maximum atomic E-state index is 12.1. The molecule has 0 bridgehead atoms. The molecular formula is C18H24O9. The molecule has 9 nitrogen and oxygen atoms in total. The number of rotatable bonds is 10. The molecule has 0 spiro atoms. The summed E-state index contributed by atoms with van der Waals surface area (Å²) in [6.07, 6.45) is 0. The summed E-state index contributed by atoms with van der Waals surface area (Å²) in [5, 5.41) is 28.6. The Labute approximate surface area is 156 Å². The number of carbonyl (C=O) groups is 3. The lowest BCUT2D eigenvalue weighted by Crippen LogP contribution is -2.48. The molecule has 150 valence electrons. The van der Waals surface area contributed by atoms with Crippen LogP contribution in [0.5, 0.6) is 0 Å². The largest absolute Gasteiger partial charge is 0.452 e. The zero-order valence-electron chi connectivity index (χ0n) is 15.5. The molecule has 0 aromatic carbocycles. The van der Waals surface area contributed by atoms with Crippen molar-refractivity contribution in [1.29, 1.82) is 0 Å². The number of aliphatic hydroxyl groups is 3. The Hall–Kier alpha value is -2.75. The van der Waals surface area contributed by atoms with Crippen LogP contribution in [-0.2, 0) is 28.6 Å². The number of carbonyl (C=O) groups excluding carboxylic acids is 3. The van der Waals surface area contributed by atoms with E-state index in [1.807, 2.05) is 0 Å². The molecule has 0 unspecified atom stereocenters. The van der Waals surface area contributed by atoms with E-state index >= 15 is 0 Å². The number of hydrogen-bond donors (Lipinski definition) is 3. The van der Waals surface area contributed by atoms with E-state index in [4.69, 9.17) is 14.2 Å². The van der Waals surface area contributed by atoms with Gasteiger partial charge in [-0.05, 0) is 26.3 Å². The van der Waals surface area contributed by atoms with E-state index in [0.717, 1.165) is 0 Å². The minimum absolute atomic E-state index is 0.149. The van der Waals surface area contributed by atoms with Crippen LogP contribution >= 0.6 is 0 Å². The van der Waals surface area contributed by atoms with Crippen LogP contribution < -0.4 is 0 Å². The second-order valence-corrected chi connectivity index (χ2v) is 5.62. The van der Waals surface area contributed by atoms with E-state index in [1.165, 1.54) is 20.8 Å². The van der Waals surface area contributed by atoms with Crippen LogP contribution in [-0.4, -0.2) is 59.0 Å². The predicted molar refractivity (Wildman–Crippen MR) is 93.7 cm³/mol. The van der Waals surface area contributed by atoms with Crippen molar-refractivity contribution >= 4 is 17.9 Å². The van der Waals surface area contributed by atoms with Gasteiger partial charge in [-0.15, -0.1) is 0 Å². The van der Waals surface area contributed by atoms with Crippen LogP contribution in [0.2, 0.25) is 0 Å². The topological polar surface area (TPSA) is 140 Å². The Morgan fingerprint density at radius 1 is 0.704 bits per heavy atom. The lowest BCUT2D eigenvalue weighted by molar-refractivity contribution is -0.307. The normalized spacial score (nSPS) is 10.4. The first kappa shape index (κ1) is 24.2. The number of ether oxygens (including phenoxy) is 3. The quantitative estimate of drug-likeness (QED) is 0.209. The van der Waals surface area contributed by atoms with E-state index < -0.39 is 49.3 Å². The molecule has 0 atom stereocenters. The highest BCUT2D eigenvalue weighted by Gasteiger charge is 2.49. The molecule has 0 aromatic rings. The van der Waals surface area contributed by atoms with Crippen molar-refractivity contribution in [2.75, 3.05) is 19.8 Å². The second kappa shape index (κ2) is 10.4. The third-order valence-electron chi connectivity index (χ3n) is 3.06. The van der Waals surface area contributed by atoms with Crippen LogP contribution in [0.25, 0.3) is 0 Å². The van der Waals surface area contributed by atoms with E-state index in [2.05, 4.69) is 19.7 Å². The Morgan fingerprint density at radius 3 is 1.19 bits per heavy atom. The Bertz CT molecular complexity index is 610. The summed E-state index contributed by atoms with van der Waals surface area (Å²) in [5.74, 6) is -6.34. The van der Waals surface area contributed by atoms with Gasteiger partial charge in [-0.1, -0.05) is 19.7 Å². The Morgan fingerprint density at radius 2 is 1.00 bits per heavy atom. The SMILES string of the molecule is C=C(C)C(=O)OC(OC(=O)C(=C)C)(OC(=O)C(=C)C)C(CO)=C(CO)CO. The van der Waals surface area contributed by atoms with E-state index in [0.29, 0.717) is 0 Å². The van der Waals surface area contributed by atoms with Crippen molar-refractivity contribution < 1.29 is 43.9 Å². The smallest absolute Gasteiger partial charge is 0.392 e. The molecule has 27 heavy (non-hydrogen) atoms. The zero-order valence-corrected chi connectivity index (χ0v) is 15.5. The fourth-order valence-electron chi connectivity index (χ4n) is 1.54. The average molecular weight is 384 g/mol. The Balaban J connectivity index is 6.71. The number of aliphatic hydroxyl groups excluding tert-OH is 3. The van der Waals surface area contributed by atoms with Gasteiger partial charge >= 0.3 is 23.9 Å². The fourth-order valence-corrected chi connectivity index (χ4v) is 1.54. The van der Waals surface area contributed by atoms with Crippen molar-refractivity contribution in [3.63, 3.8) is 0 Å². The second-order valence-electron chi connectivity index (χ2n) is 5.62. The first-order chi connectivity index (χ1) is 12.4. The van der Waals surface area contributed by atoms with E-state index in [-0.39, 0.29) is 22.3 Å². The third kappa shape index (κ3) is 6.48. The molecule has 0 aliphatic heterocycles. The van der Waals surface area contributed by atoms with Gasteiger partial charge in [-0.3, -0.25) is 0 Å². The third-order valence-corrected chi connectivity index (χ3v) is 3.06. The molecule has 0 heterocycles. The molecule has 0 fully saturated rings. The van der Waals surface area contributed by atoms with Crippen molar-refractivity contribution in [2.24, 2.45) is 0 Å². The minimum atomic E-state index is -2.92. The highest BCUT2D eigenvalue weighted by molar-refractivity contribution is 5.91. The van der Waals surface area contributed by atoms with Gasteiger partial charge in [-0.25, -0.2) is 14.4 Å². The molecule has 0 saturated carbocycles. The van der Waals surface area contributed by atoms with Crippen molar-refractivity contribution in [3.05, 3.63) is 47.6 Å². The molecule has 0 amide bonds. The summed E-state index contributed by atoms with van der Waals surface area (Å²) >= 11 is 0. The molecular weight excluding hydrogens is 360 g/mol. The van der Waals surface area contributed by atoms with Gasteiger partial charge in [0.1, 0.15) is 0 Å². The van der Waals surface area contributed by atoms with Gasteiger partial charge in [0.05, 0.1) is 25.4 Å². The fraction of sp³-hybridized carbons (Fsp3) is 0.389. The molecule has 0 aromatic heterocycles. The van der Waals surface area contributed by atoms with Gasteiger partial charge in [0.15, 0.2) is 0 Å². The predicted octanol–water partition coefficient (Wildman–Crippen LogP) is 0.272. The van der Waals surface area contributed by atoms with Gasteiger partial charge < -0.3 is 29.5 Å². The summed E-state index contributed by atoms with van der Waals surface area (Å²) in [6, 6.07) is 0. The maximum absolute atomic E-state index is 12.1. The molecule has 0 aliphatic carbocycles. The van der Waals surface area contributed by atoms with Crippen molar-refractivity contribution in [1.82, 2.24) is 0 Å². The molecule has 3 N–H and O–H groups in total. The van der Waals surface area contributed by atoms with Crippen LogP contribution in [0, 0.1) is 0 Å². The standard InChI is InChI=1S/C18H24O9/c1-10(2)15(22)25-18(26-16(23)11(3)4,27-17(24)12(5)6)14(9-21)13(7-19)8-20/h19-21H,1,3,5,7-9H2,2,4,6H3. The molecule has 0 radical (unpaired) electrons. The van der Waals surface area contributed by atoms with Crippen LogP contribution in [0.1, 0.15) is 20.8 Å². The summed E-state index contributed by atoms with van der Waals surface area (Å²) in [5.41, 5.74) is -1.32. The number of hydrogen-bond acceptors (Lipinski definition) is 9. The summed E-state index contributed by atoms with van der Waals surface area (Å²) < 4.78 is 15.1. The lowest BCUT2D eigenvalue weighted by Gasteiger charge is -2.33. The monoisotopic (exact) mass is 384 g/mol. The van der Waals surface area contributed by atoms with Gasteiger partial charge in [0.2, 0.25) is 0 Å². The van der Waals surface area contributed by atoms with E-state index in [1.54, 1.807) is 0 Å². The minimum Gasteiger partial charge on any atom is -0.392 e. The summed E-state index contributed by atoms with van der Waals surface area (Å²) in [6.45, 7) is 11.3. The van der Waals surface area contributed by atoms with Crippen LogP contribution in [0.15, 0.2) is 47.6 Å². The van der Waals surface area contributed by atoms with Crippen LogP contribution in [0.4, 0.5) is 0 Å². The number of esters is 3. The van der Waals surface area contributed by atoms with Crippen molar-refractivity contribution in [2.45, 2.75) is 26.7 Å². The summed E-state index contributed by atoms with van der Waals surface area (Å²) in [7, 11) is 0. The van der Waals surface area contributed by atoms with Crippen LogP contribution in [0.3, 0.4) is 0 Å². The Kier molecular flexibility index (Phi) is 9.35. The molecule has 0 aliphatic rings. The summed E-state index contributed by atoms with van der Waals surface area (Å²) in [4.78, 5) is 36.3. The van der Waals surface area contributed by atoms with Gasteiger partial charge in [0, 0.05) is 16.7 Å². The molecule has 0 saturated heterocycles. The lowest BCUT2D eigenvalue weighted by atomic mass is 10.1. The maximum Gasteiger partial charge on any atom is 0.452 e. The highest BCUT2D eigenvalue weighted by Crippen LogP contribution is 2.31. The van der Waals surface area contributed by atoms with Crippen molar-refractivity contribution in [3.8, 4) is 0 Å². The molecule has 9 heteroatoms. The van der Waals surface area contributed by atoms with E-state index in [9.17, 15) is 29.7 Å². The van der Waals surface area contributed by atoms with Gasteiger partial charge in [0.25, 0.3) is 0 Å². The highest BCUT2D eigenvalue weighted by atomic mass is 16.9. The van der Waals surface area contributed by atoms with Gasteiger partial charge in [-0.2, -0.15) is 0 Å². The first-order valence-corrected chi connectivity index (χ1v) is 7.66. The molecule has 0 rings (SSSR count).